The average molecular weight is 278 g/mol. The molecule has 1 aliphatic heterocycles. The number of piperidine rings is 1. The van der Waals surface area contributed by atoms with Crippen LogP contribution in [0.5, 0.6) is 0 Å². The fraction of sp³-hybridized carbons (Fsp3) is 0.545. The average Bonchev–Trinajstić information content (AvgIpc) is 2.59. The maximum Gasteiger partial charge on any atom is 0.265 e. The number of amides is 1. The minimum atomic E-state index is 0.0217. The van der Waals surface area contributed by atoms with E-state index in [0.29, 0.717) is 16.4 Å². The van der Waals surface area contributed by atoms with Gasteiger partial charge >= 0.3 is 0 Å². The molecule has 1 fully saturated rings. The smallest absolute Gasteiger partial charge is 0.265 e. The van der Waals surface area contributed by atoms with Gasteiger partial charge in [-0.25, -0.2) is 0 Å². The van der Waals surface area contributed by atoms with Crippen LogP contribution in [0.25, 0.3) is 0 Å². The zero-order valence-corrected chi connectivity index (χ0v) is 11.3. The first-order valence-corrected chi connectivity index (χ1v) is 6.96. The van der Waals surface area contributed by atoms with Crippen molar-refractivity contribution in [1.82, 2.24) is 4.90 Å². The van der Waals surface area contributed by atoms with Gasteiger partial charge in [0, 0.05) is 13.1 Å². The van der Waals surface area contributed by atoms with E-state index in [2.05, 4.69) is 0 Å². The molecule has 1 aromatic rings. The number of carbonyl (C=O) groups excluding carboxylic acids is 1. The second kappa shape index (κ2) is 4.94. The monoisotopic (exact) mass is 277 g/mol. The zero-order valence-electron chi connectivity index (χ0n) is 9.00. The van der Waals surface area contributed by atoms with Gasteiger partial charge in [-0.05, 0) is 30.7 Å². The van der Waals surface area contributed by atoms with Gasteiger partial charge in [0.05, 0.1) is 10.4 Å². The van der Waals surface area contributed by atoms with Crippen LogP contribution in [0.2, 0.25) is 5.02 Å². The van der Waals surface area contributed by atoms with Gasteiger partial charge in [-0.1, -0.05) is 11.6 Å². The number of thiophene rings is 1. The van der Waals surface area contributed by atoms with Gasteiger partial charge in [-0.15, -0.1) is 22.9 Å². The molecule has 2 heterocycles. The van der Waals surface area contributed by atoms with Crippen molar-refractivity contribution in [1.29, 1.82) is 0 Å². The van der Waals surface area contributed by atoms with Gasteiger partial charge in [-0.2, -0.15) is 0 Å². The van der Waals surface area contributed by atoms with E-state index in [9.17, 15) is 4.79 Å². The molecule has 0 bridgehead atoms. The molecule has 1 aliphatic rings. The summed E-state index contributed by atoms with van der Waals surface area (Å²) in [5, 5.41) is 2.58. The molecule has 0 aromatic carbocycles. The molecule has 2 nitrogen and oxygen atoms in total. The summed E-state index contributed by atoms with van der Waals surface area (Å²) in [6, 6.07) is 0. The Morgan fingerprint density at radius 3 is 2.94 bits per heavy atom. The SMILES string of the molecule is Cc1csc(C(=O)N2CCCC(Cl)C2)c1Cl. The molecular weight excluding hydrogens is 265 g/mol. The van der Waals surface area contributed by atoms with Crippen LogP contribution >= 0.6 is 34.5 Å². The van der Waals surface area contributed by atoms with Crippen molar-refractivity contribution in [2.75, 3.05) is 13.1 Å². The number of nitrogens with zero attached hydrogens (tertiary/aromatic N) is 1. The Hall–Kier alpha value is -0.250. The van der Waals surface area contributed by atoms with E-state index in [1.54, 1.807) is 4.90 Å². The van der Waals surface area contributed by atoms with Gasteiger partial charge in [0.1, 0.15) is 4.88 Å². The number of alkyl halides is 1. The van der Waals surface area contributed by atoms with Gasteiger partial charge in [0.15, 0.2) is 0 Å². The highest BCUT2D eigenvalue weighted by Crippen LogP contribution is 2.29. The lowest BCUT2D eigenvalue weighted by Gasteiger charge is -2.29. The molecule has 16 heavy (non-hydrogen) atoms. The Kier molecular flexibility index (Phi) is 3.77. The van der Waals surface area contributed by atoms with E-state index in [0.717, 1.165) is 24.9 Å². The summed E-state index contributed by atoms with van der Waals surface area (Å²) in [7, 11) is 0. The molecule has 0 saturated carbocycles. The molecule has 1 saturated heterocycles. The van der Waals surface area contributed by atoms with Gasteiger partial charge in [-0.3, -0.25) is 4.79 Å². The van der Waals surface area contributed by atoms with Crippen LogP contribution in [-0.4, -0.2) is 29.3 Å². The van der Waals surface area contributed by atoms with E-state index in [1.165, 1.54) is 11.3 Å². The Labute approximate surface area is 109 Å². The van der Waals surface area contributed by atoms with E-state index in [-0.39, 0.29) is 11.3 Å². The van der Waals surface area contributed by atoms with Crippen molar-refractivity contribution in [2.24, 2.45) is 0 Å². The molecule has 0 spiro atoms. The minimum Gasteiger partial charge on any atom is -0.336 e. The van der Waals surface area contributed by atoms with Gasteiger partial charge in [0.25, 0.3) is 5.91 Å². The summed E-state index contributed by atoms with van der Waals surface area (Å²) in [5.74, 6) is 0.0217. The topological polar surface area (TPSA) is 20.3 Å². The molecular formula is C11H13Cl2NOS. The Bertz CT molecular complexity index is 405. The van der Waals surface area contributed by atoms with Gasteiger partial charge < -0.3 is 4.90 Å². The fourth-order valence-electron chi connectivity index (χ4n) is 1.83. The summed E-state index contributed by atoms with van der Waals surface area (Å²) in [6.45, 7) is 3.33. The van der Waals surface area contributed by atoms with E-state index >= 15 is 0 Å². The van der Waals surface area contributed by atoms with Crippen LogP contribution in [0.1, 0.15) is 28.1 Å². The highest BCUT2D eigenvalue weighted by Gasteiger charge is 2.25. The van der Waals surface area contributed by atoms with Gasteiger partial charge in [0.2, 0.25) is 0 Å². The number of carbonyl (C=O) groups is 1. The molecule has 1 unspecified atom stereocenters. The number of hydrogen-bond donors (Lipinski definition) is 0. The largest absolute Gasteiger partial charge is 0.336 e. The molecule has 1 amide bonds. The summed E-state index contributed by atoms with van der Waals surface area (Å²) in [4.78, 5) is 14.6. The van der Waals surface area contributed by atoms with Crippen LogP contribution in [-0.2, 0) is 0 Å². The van der Waals surface area contributed by atoms with Crippen LogP contribution in [0, 0.1) is 6.92 Å². The van der Waals surface area contributed by atoms with E-state index in [1.807, 2.05) is 12.3 Å². The number of rotatable bonds is 1. The van der Waals surface area contributed by atoms with Crippen LogP contribution in [0.3, 0.4) is 0 Å². The predicted octanol–water partition coefficient (Wildman–Crippen LogP) is 3.55. The Balaban J connectivity index is 2.15. The number of likely N-dealkylation sites (tertiary alicyclic amines) is 1. The normalized spacial score (nSPS) is 21.2. The molecule has 88 valence electrons. The summed E-state index contributed by atoms with van der Waals surface area (Å²) in [5.41, 5.74) is 0.967. The van der Waals surface area contributed by atoms with Crippen molar-refractivity contribution in [3.05, 3.63) is 20.8 Å². The zero-order chi connectivity index (χ0) is 11.7. The Morgan fingerprint density at radius 1 is 1.62 bits per heavy atom. The molecule has 2 rings (SSSR count). The summed E-state index contributed by atoms with van der Waals surface area (Å²) >= 11 is 13.6. The fourth-order valence-corrected chi connectivity index (χ4v) is 3.39. The first-order chi connectivity index (χ1) is 7.59. The lowest BCUT2D eigenvalue weighted by atomic mass is 10.1. The van der Waals surface area contributed by atoms with Crippen LogP contribution in [0.15, 0.2) is 5.38 Å². The number of hydrogen-bond acceptors (Lipinski definition) is 2. The molecule has 5 heteroatoms. The molecule has 0 aliphatic carbocycles. The lowest BCUT2D eigenvalue weighted by Crippen LogP contribution is -2.40. The predicted molar refractivity (Wildman–Crippen MR) is 68.8 cm³/mol. The van der Waals surface area contributed by atoms with Crippen molar-refractivity contribution in [2.45, 2.75) is 25.1 Å². The van der Waals surface area contributed by atoms with Crippen LogP contribution in [0.4, 0.5) is 0 Å². The summed E-state index contributed by atoms with van der Waals surface area (Å²) < 4.78 is 0. The Morgan fingerprint density at radius 2 is 2.38 bits per heavy atom. The van der Waals surface area contributed by atoms with Crippen molar-refractivity contribution < 1.29 is 4.79 Å². The quantitative estimate of drug-likeness (QED) is 0.719. The highest BCUT2D eigenvalue weighted by molar-refractivity contribution is 7.13. The van der Waals surface area contributed by atoms with Crippen molar-refractivity contribution in [3.63, 3.8) is 0 Å². The molecule has 0 N–H and O–H groups in total. The second-order valence-corrected chi connectivity index (χ2v) is 5.93. The van der Waals surface area contributed by atoms with E-state index in [4.69, 9.17) is 23.2 Å². The molecule has 0 radical (unpaired) electrons. The summed E-state index contributed by atoms with van der Waals surface area (Å²) in [6.07, 6.45) is 1.96. The number of aryl methyl sites for hydroxylation is 1. The first kappa shape index (κ1) is 12.2. The third-order valence-electron chi connectivity index (χ3n) is 2.74. The second-order valence-electron chi connectivity index (χ2n) is 4.05. The van der Waals surface area contributed by atoms with Crippen molar-refractivity contribution >= 4 is 40.4 Å². The maximum absolute atomic E-state index is 12.2. The lowest BCUT2D eigenvalue weighted by molar-refractivity contribution is 0.0732. The highest BCUT2D eigenvalue weighted by atomic mass is 35.5. The number of halogens is 2. The van der Waals surface area contributed by atoms with Crippen molar-refractivity contribution in [3.8, 4) is 0 Å². The molecule has 1 atom stereocenters. The first-order valence-electron chi connectivity index (χ1n) is 5.26. The minimum absolute atomic E-state index is 0.0217. The third-order valence-corrected chi connectivity index (χ3v) is 4.79. The standard InChI is InChI=1S/C11H13Cl2NOS/c1-7-6-16-10(9(7)13)11(15)14-4-2-3-8(12)5-14/h6,8H,2-5H2,1H3. The third kappa shape index (κ3) is 2.36. The molecule has 1 aromatic heterocycles. The van der Waals surface area contributed by atoms with E-state index < -0.39 is 0 Å². The maximum atomic E-state index is 12.2. The van der Waals surface area contributed by atoms with Crippen LogP contribution < -0.4 is 0 Å².